The number of anilines is 3. The molecule has 50 heavy (non-hydrogen) atoms. The molecule has 9 aromatic rings. The molecule has 2 aliphatic rings. The average Bonchev–Trinajstić information content (AvgIpc) is 3.51. The molecule has 0 saturated carbocycles. The van der Waals surface area contributed by atoms with Gasteiger partial charge in [0.15, 0.2) is 0 Å². The third-order valence-electron chi connectivity index (χ3n) is 10.6. The highest BCUT2D eigenvalue weighted by Crippen LogP contribution is 2.57. The van der Waals surface area contributed by atoms with E-state index >= 15 is 0 Å². The highest BCUT2D eigenvalue weighted by molar-refractivity contribution is 6.15. The van der Waals surface area contributed by atoms with E-state index in [0.29, 0.717) is 0 Å². The molecule has 11 rings (SSSR count). The van der Waals surface area contributed by atoms with Crippen LogP contribution >= 0.6 is 0 Å². The van der Waals surface area contributed by atoms with Gasteiger partial charge in [-0.15, -0.1) is 0 Å². The smallest absolute Gasteiger partial charge is 0.135 e. The van der Waals surface area contributed by atoms with Crippen LogP contribution in [0, 0.1) is 0 Å². The summed E-state index contributed by atoms with van der Waals surface area (Å²) in [5.74, 6) is 0. The van der Waals surface area contributed by atoms with Crippen LogP contribution in [0.3, 0.4) is 0 Å². The summed E-state index contributed by atoms with van der Waals surface area (Å²) in [5.41, 5.74) is 20.4. The number of benzene rings is 8. The maximum atomic E-state index is 6.25. The number of para-hydroxylation sites is 1. The minimum atomic E-state index is 0.891. The molecule has 0 atom stereocenters. The quantitative estimate of drug-likeness (QED) is 0.191. The first kappa shape index (κ1) is 27.3. The zero-order valence-electron chi connectivity index (χ0n) is 27.1. The predicted molar refractivity (Wildman–Crippen MR) is 208 cm³/mol. The zero-order valence-corrected chi connectivity index (χ0v) is 27.1. The number of hydrogen-bond acceptors (Lipinski definition) is 2. The molecule has 0 radical (unpaired) electrons. The fourth-order valence-electron chi connectivity index (χ4n) is 8.37. The van der Waals surface area contributed by atoms with Gasteiger partial charge < -0.3 is 9.32 Å². The minimum Gasteiger partial charge on any atom is -0.456 e. The van der Waals surface area contributed by atoms with Crippen molar-refractivity contribution in [3.05, 3.63) is 176 Å². The van der Waals surface area contributed by atoms with E-state index in [1.165, 1.54) is 66.8 Å². The highest BCUT2D eigenvalue weighted by atomic mass is 16.3. The third-order valence-corrected chi connectivity index (χ3v) is 10.6. The standard InChI is InChI=1S/C48H29NO/c1-2-10-30(11-3-1)31-20-22-32(23-21-31)49(34-25-27-46-43(28-34)37-13-6-7-19-45(37)50-46)33-24-26-36-40-16-9-17-41-42-18-8-15-39(48(42)44(36)29-33)35-12-4-5-14-38(35)47(40)41/h1-29H. The lowest BCUT2D eigenvalue weighted by atomic mass is 9.83. The molecule has 8 aromatic carbocycles. The first-order chi connectivity index (χ1) is 24.8. The molecule has 0 aliphatic heterocycles. The van der Waals surface area contributed by atoms with Crippen LogP contribution in [0.5, 0.6) is 0 Å². The van der Waals surface area contributed by atoms with Gasteiger partial charge in [-0.2, -0.15) is 0 Å². The summed E-state index contributed by atoms with van der Waals surface area (Å²) in [6.07, 6.45) is 0. The van der Waals surface area contributed by atoms with Gasteiger partial charge in [0.1, 0.15) is 11.2 Å². The average molecular weight is 636 g/mol. The van der Waals surface area contributed by atoms with Gasteiger partial charge in [-0.25, -0.2) is 0 Å². The van der Waals surface area contributed by atoms with Gasteiger partial charge >= 0.3 is 0 Å². The van der Waals surface area contributed by atoms with E-state index in [9.17, 15) is 0 Å². The van der Waals surface area contributed by atoms with Gasteiger partial charge in [0, 0.05) is 27.8 Å². The topological polar surface area (TPSA) is 16.4 Å². The molecular formula is C48H29NO. The van der Waals surface area contributed by atoms with E-state index in [-0.39, 0.29) is 0 Å². The number of hydrogen-bond donors (Lipinski definition) is 0. The lowest BCUT2D eigenvalue weighted by Gasteiger charge is -2.28. The number of nitrogens with zero attached hydrogens (tertiary/aromatic N) is 1. The molecule has 0 spiro atoms. The summed E-state index contributed by atoms with van der Waals surface area (Å²) >= 11 is 0. The largest absolute Gasteiger partial charge is 0.456 e. The van der Waals surface area contributed by atoms with E-state index in [0.717, 1.165) is 39.0 Å². The lowest BCUT2D eigenvalue weighted by molar-refractivity contribution is 0.669. The monoisotopic (exact) mass is 635 g/mol. The summed E-state index contributed by atoms with van der Waals surface area (Å²) in [6, 6.07) is 63.9. The molecule has 2 nitrogen and oxygen atoms in total. The molecule has 2 heteroatoms. The van der Waals surface area contributed by atoms with Crippen molar-refractivity contribution in [2.24, 2.45) is 0 Å². The molecular weight excluding hydrogens is 607 g/mol. The van der Waals surface area contributed by atoms with Gasteiger partial charge in [-0.3, -0.25) is 0 Å². The first-order valence-corrected chi connectivity index (χ1v) is 17.2. The fourth-order valence-corrected chi connectivity index (χ4v) is 8.37. The molecule has 0 fully saturated rings. The van der Waals surface area contributed by atoms with E-state index < -0.39 is 0 Å². The minimum absolute atomic E-state index is 0.891. The Bertz CT molecular complexity index is 2780. The summed E-state index contributed by atoms with van der Waals surface area (Å²) < 4.78 is 6.25. The number of fused-ring (bicyclic) bond motifs is 7. The Morgan fingerprint density at radius 3 is 1.60 bits per heavy atom. The van der Waals surface area contributed by atoms with Gasteiger partial charge in [0.2, 0.25) is 0 Å². The molecule has 0 amide bonds. The van der Waals surface area contributed by atoms with Crippen molar-refractivity contribution in [1.82, 2.24) is 0 Å². The Kier molecular flexibility index (Phi) is 5.70. The van der Waals surface area contributed by atoms with Crippen LogP contribution in [0.15, 0.2) is 180 Å². The normalized spacial score (nSPS) is 12.0. The Balaban J connectivity index is 1.16. The second-order valence-corrected chi connectivity index (χ2v) is 13.3. The first-order valence-electron chi connectivity index (χ1n) is 17.2. The second-order valence-electron chi connectivity index (χ2n) is 13.3. The van der Waals surface area contributed by atoms with Crippen LogP contribution in [0.25, 0.3) is 88.7 Å². The van der Waals surface area contributed by atoms with Crippen molar-refractivity contribution in [1.29, 1.82) is 0 Å². The molecule has 0 N–H and O–H groups in total. The van der Waals surface area contributed by atoms with Crippen molar-refractivity contribution < 1.29 is 4.42 Å². The van der Waals surface area contributed by atoms with E-state index in [1.807, 2.05) is 12.1 Å². The Labute approximate surface area is 290 Å². The molecule has 0 unspecified atom stereocenters. The van der Waals surface area contributed by atoms with E-state index in [4.69, 9.17) is 4.42 Å². The zero-order chi connectivity index (χ0) is 32.8. The van der Waals surface area contributed by atoms with Crippen LogP contribution in [-0.2, 0) is 0 Å². The Hall–Kier alpha value is -6.64. The van der Waals surface area contributed by atoms with Crippen LogP contribution < -0.4 is 4.90 Å². The molecule has 232 valence electrons. The van der Waals surface area contributed by atoms with Crippen LogP contribution in [0.2, 0.25) is 0 Å². The second kappa shape index (κ2) is 10.4. The number of furan rings is 1. The Morgan fingerprint density at radius 1 is 0.300 bits per heavy atom. The van der Waals surface area contributed by atoms with Gasteiger partial charge in [0.05, 0.1) is 0 Å². The summed E-state index contributed by atoms with van der Waals surface area (Å²) in [5, 5.41) is 2.23. The lowest BCUT2D eigenvalue weighted by Crippen LogP contribution is -2.10. The molecule has 6 bridgehead atoms. The molecule has 2 aliphatic carbocycles. The van der Waals surface area contributed by atoms with Crippen molar-refractivity contribution >= 4 is 39.0 Å². The predicted octanol–water partition coefficient (Wildman–Crippen LogP) is 13.7. The third kappa shape index (κ3) is 3.90. The molecule has 1 heterocycles. The van der Waals surface area contributed by atoms with Crippen molar-refractivity contribution in [2.75, 3.05) is 4.90 Å². The maximum Gasteiger partial charge on any atom is 0.135 e. The van der Waals surface area contributed by atoms with Gasteiger partial charge in [-0.1, -0.05) is 127 Å². The van der Waals surface area contributed by atoms with Crippen molar-refractivity contribution in [3.8, 4) is 66.8 Å². The number of rotatable bonds is 4. The SMILES string of the molecule is c1ccc(-c2ccc(N(c3ccc4c(c3)-c3c5cccc3-c3cccc-4c3-c3ccccc3-5)c3ccc4oc5ccccc5c4c3)cc2)cc1. The van der Waals surface area contributed by atoms with E-state index in [2.05, 4.69) is 169 Å². The van der Waals surface area contributed by atoms with Crippen LogP contribution in [0.1, 0.15) is 0 Å². The van der Waals surface area contributed by atoms with Crippen molar-refractivity contribution in [2.45, 2.75) is 0 Å². The summed E-state index contributed by atoms with van der Waals surface area (Å²) in [6.45, 7) is 0. The van der Waals surface area contributed by atoms with E-state index in [1.54, 1.807) is 0 Å². The van der Waals surface area contributed by atoms with Crippen LogP contribution in [-0.4, -0.2) is 0 Å². The van der Waals surface area contributed by atoms with Gasteiger partial charge in [0.25, 0.3) is 0 Å². The van der Waals surface area contributed by atoms with Gasteiger partial charge in [-0.05, 0) is 115 Å². The highest BCUT2D eigenvalue weighted by Gasteiger charge is 2.31. The Morgan fingerprint density at radius 2 is 0.820 bits per heavy atom. The maximum absolute atomic E-state index is 6.25. The molecule has 1 aromatic heterocycles. The summed E-state index contributed by atoms with van der Waals surface area (Å²) in [7, 11) is 0. The van der Waals surface area contributed by atoms with Crippen molar-refractivity contribution in [3.63, 3.8) is 0 Å². The van der Waals surface area contributed by atoms with Crippen LogP contribution in [0.4, 0.5) is 17.1 Å². The fraction of sp³-hybridized carbons (Fsp3) is 0. The summed E-state index contributed by atoms with van der Waals surface area (Å²) in [4.78, 5) is 2.39. The molecule has 0 saturated heterocycles.